The molecule has 3 aromatic heterocycles. The monoisotopic (exact) mass is 668 g/mol. The molecule has 0 spiro atoms. The molecule has 11 rings (SSSR count). The molecule has 7 aromatic carbocycles. The maximum Gasteiger partial charge on any atom is 0.160 e. The van der Waals surface area contributed by atoms with Gasteiger partial charge in [-0.25, -0.2) is 9.97 Å². The Morgan fingerprint density at radius 1 is 0.451 bits per heavy atom. The van der Waals surface area contributed by atoms with E-state index in [1.165, 1.54) is 59.4 Å². The van der Waals surface area contributed by atoms with Crippen LogP contribution in [0.4, 0.5) is 0 Å². The molecule has 0 saturated carbocycles. The molecule has 0 unspecified atom stereocenters. The minimum Gasteiger partial charge on any atom is -0.295 e. The van der Waals surface area contributed by atoms with Gasteiger partial charge in [-0.15, -0.1) is 0 Å². The van der Waals surface area contributed by atoms with Crippen LogP contribution in [0.15, 0.2) is 180 Å². The Bertz CT molecular complexity index is 2980. The highest BCUT2D eigenvalue weighted by molar-refractivity contribution is 7.99. The van der Waals surface area contributed by atoms with E-state index in [0.717, 1.165) is 39.2 Å². The summed E-state index contributed by atoms with van der Waals surface area (Å²) < 4.78 is 4.90. The molecular formula is C46H28N4S. The van der Waals surface area contributed by atoms with Crippen molar-refractivity contribution >= 4 is 55.5 Å². The van der Waals surface area contributed by atoms with Gasteiger partial charge < -0.3 is 0 Å². The fourth-order valence-electron chi connectivity index (χ4n) is 7.83. The molecule has 0 amide bonds. The lowest BCUT2D eigenvalue weighted by molar-refractivity contribution is 1.03. The van der Waals surface area contributed by atoms with Gasteiger partial charge >= 0.3 is 0 Å². The van der Waals surface area contributed by atoms with Gasteiger partial charge in [-0.2, -0.15) is 0 Å². The van der Waals surface area contributed by atoms with E-state index in [0.29, 0.717) is 0 Å². The summed E-state index contributed by atoms with van der Waals surface area (Å²) in [5.41, 5.74) is 12.3. The Balaban J connectivity index is 1.11. The van der Waals surface area contributed by atoms with Gasteiger partial charge in [-0.05, 0) is 59.7 Å². The number of aromatic nitrogens is 4. The fourth-order valence-corrected chi connectivity index (χ4v) is 8.97. The third-order valence-corrected chi connectivity index (χ3v) is 11.2. The van der Waals surface area contributed by atoms with Crippen LogP contribution in [0.1, 0.15) is 0 Å². The van der Waals surface area contributed by atoms with Crippen LogP contribution in [0.3, 0.4) is 0 Å². The molecule has 0 saturated heterocycles. The van der Waals surface area contributed by atoms with Crippen molar-refractivity contribution in [2.24, 2.45) is 0 Å². The van der Waals surface area contributed by atoms with Crippen molar-refractivity contribution in [1.29, 1.82) is 0 Å². The fraction of sp³-hybridized carbons (Fsp3) is 0. The van der Waals surface area contributed by atoms with E-state index in [1.54, 1.807) is 0 Å². The summed E-state index contributed by atoms with van der Waals surface area (Å²) in [6.45, 7) is 0. The molecule has 4 heterocycles. The van der Waals surface area contributed by atoms with Gasteiger partial charge in [0.2, 0.25) is 0 Å². The maximum atomic E-state index is 5.27. The number of hydrogen-bond donors (Lipinski definition) is 0. The highest BCUT2D eigenvalue weighted by Crippen LogP contribution is 2.50. The van der Waals surface area contributed by atoms with E-state index in [1.807, 2.05) is 11.8 Å². The minimum absolute atomic E-state index is 0.722. The van der Waals surface area contributed by atoms with Crippen molar-refractivity contribution in [2.45, 2.75) is 9.79 Å². The Labute approximate surface area is 298 Å². The van der Waals surface area contributed by atoms with Gasteiger partial charge in [0.15, 0.2) is 5.82 Å². The lowest BCUT2D eigenvalue weighted by Crippen LogP contribution is -2.06. The average molecular weight is 669 g/mol. The molecule has 1 aliphatic heterocycles. The molecule has 0 atom stereocenters. The number of benzene rings is 7. The van der Waals surface area contributed by atoms with Gasteiger partial charge in [0.1, 0.15) is 5.65 Å². The highest BCUT2D eigenvalue weighted by atomic mass is 32.2. The summed E-state index contributed by atoms with van der Waals surface area (Å²) in [4.78, 5) is 12.8. The molecule has 4 nitrogen and oxygen atoms in total. The molecular weight excluding hydrogens is 641 g/mol. The van der Waals surface area contributed by atoms with Crippen molar-refractivity contribution in [3.05, 3.63) is 170 Å². The molecule has 0 N–H and O–H groups in total. The largest absolute Gasteiger partial charge is 0.295 e. The zero-order chi connectivity index (χ0) is 33.5. The summed E-state index contributed by atoms with van der Waals surface area (Å²) in [5, 5.41) is 4.86. The first-order chi connectivity index (χ1) is 25.3. The molecule has 0 fully saturated rings. The first-order valence-corrected chi connectivity index (χ1v) is 18.0. The zero-order valence-electron chi connectivity index (χ0n) is 27.4. The molecule has 238 valence electrons. The van der Waals surface area contributed by atoms with E-state index >= 15 is 0 Å². The van der Waals surface area contributed by atoms with Crippen molar-refractivity contribution in [3.8, 4) is 45.1 Å². The van der Waals surface area contributed by atoms with Crippen LogP contribution in [0.25, 0.3) is 88.9 Å². The third-order valence-electron chi connectivity index (χ3n) is 10.1. The van der Waals surface area contributed by atoms with Crippen molar-refractivity contribution in [2.75, 3.05) is 0 Å². The van der Waals surface area contributed by atoms with E-state index in [4.69, 9.17) is 9.97 Å². The lowest BCUT2D eigenvalue weighted by Gasteiger charge is -2.22. The summed E-state index contributed by atoms with van der Waals surface area (Å²) in [6.07, 6.45) is 0. The Morgan fingerprint density at radius 2 is 1.12 bits per heavy atom. The van der Waals surface area contributed by atoms with Crippen molar-refractivity contribution < 1.29 is 0 Å². The number of rotatable bonds is 4. The predicted octanol–water partition coefficient (Wildman–Crippen LogP) is 12.1. The number of hydrogen-bond acceptors (Lipinski definition) is 3. The van der Waals surface area contributed by atoms with Gasteiger partial charge in [-0.1, -0.05) is 133 Å². The number of para-hydroxylation sites is 4. The van der Waals surface area contributed by atoms with Crippen LogP contribution >= 0.6 is 11.8 Å². The molecule has 0 bridgehead atoms. The first kappa shape index (κ1) is 28.4. The minimum atomic E-state index is 0.722. The van der Waals surface area contributed by atoms with Crippen LogP contribution in [0.5, 0.6) is 0 Å². The highest BCUT2D eigenvalue weighted by Gasteiger charge is 2.28. The predicted molar refractivity (Wildman–Crippen MR) is 211 cm³/mol. The normalized spacial score (nSPS) is 12.2. The van der Waals surface area contributed by atoms with E-state index < -0.39 is 0 Å². The van der Waals surface area contributed by atoms with E-state index in [9.17, 15) is 0 Å². The number of fused-ring (bicyclic) bond motifs is 8. The molecule has 51 heavy (non-hydrogen) atoms. The smallest absolute Gasteiger partial charge is 0.160 e. The second-order valence-electron chi connectivity index (χ2n) is 13.0. The Kier molecular flexibility index (Phi) is 6.15. The van der Waals surface area contributed by atoms with Gasteiger partial charge in [-0.3, -0.25) is 9.13 Å². The van der Waals surface area contributed by atoms with Gasteiger partial charge in [0.25, 0.3) is 0 Å². The second kappa shape index (κ2) is 11.0. The summed E-state index contributed by atoms with van der Waals surface area (Å²) >= 11 is 1.83. The maximum absolute atomic E-state index is 5.27. The van der Waals surface area contributed by atoms with E-state index in [-0.39, 0.29) is 0 Å². The second-order valence-corrected chi connectivity index (χ2v) is 14.1. The Hall–Kier alpha value is -6.43. The van der Waals surface area contributed by atoms with Crippen LogP contribution in [-0.2, 0) is 0 Å². The first-order valence-electron chi connectivity index (χ1n) is 17.2. The van der Waals surface area contributed by atoms with Crippen molar-refractivity contribution in [1.82, 2.24) is 19.1 Å². The number of nitrogens with zero attached hydrogens (tertiary/aromatic N) is 4. The molecule has 5 heteroatoms. The van der Waals surface area contributed by atoms with Crippen LogP contribution in [0, 0.1) is 0 Å². The standard InChI is InChI=1S/C46H28N4S/c1-3-12-29(13-4-1)30-22-24-31(25-23-30)43-34-16-7-9-19-37(34)47-45(48-43)32-26-27-39-41(28-32)51-40-21-11-18-36-42-35-17-8-10-20-38(35)49(33-14-5-2-6-15-33)46(42)50(39)44(36)40/h1-28H. The van der Waals surface area contributed by atoms with Crippen molar-refractivity contribution in [3.63, 3.8) is 0 Å². The summed E-state index contributed by atoms with van der Waals surface area (Å²) in [5.74, 6) is 0.722. The SMILES string of the molecule is c1ccc(-c2ccc(-c3nc(-c4ccc5c(c4)Sc4cccc6c7c8ccccc8n(-c8ccccc8)c7n-5c46)nc4ccccc34)cc2)cc1. The molecule has 0 aliphatic carbocycles. The van der Waals surface area contributed by atoms with E-state index in [2.05, 4.69) is 179 Å². The van der Waals surface area contributed by atoms with Gasteiger partial charge in [0, 0.05) is 48.2 Å². The Morgan fingerprint density at radius 3 is 1.96 bits per heavy atom. The summed E-state index contributed by atoms with van der Waals surface area (Å²) in [7, 11) is 0. The lowest BCUT2D eigenvalue weighted by atomic mass is 10.0. The molecule has 10 aromatic rings. The van der Waals surface area contributed by atoms with Gasteiger partial charge in [0.05, 0.1) is 27.9 Å². The summed E-state index contributed by atoms with van der Waals surface area (Å²) in [6, 6.07) is 60.4. The quantitative estimate of drug-likeness (QED) is 0.187. The van der Waals surface area contributed by atoms with Crippen LogP contribution in [0.2, 0.25) is 0 Å². The molecule has 1 aliphatic rings. The molecule has 0 radical (unpaired) electrons. The third kappa shape index (κ3) is 4.28. The average Bonchev–Trinajstić information content (AvgIpc) is 3.72. The topological polar surface area (TPSA) is 35.6 Å². The van der Waals surface area contributed by atoms with Crippen LogP contribution < -0.4 is 0 Å². The van der Waals surface area contributed by atoms with Crippen LogP contribution in [-0.4, -0.2) is 19.1 Å². The zero-order valence-corrected chi connectivity index (χ0v) is 28.2.